The molecule has 0 spiro atoms. The van der Waals surface area contributed by atoms with Gasteiger partial charge in [-0.05, 0) is 30.2 Å². The van der Waals surface area contributed by atoms with Crippen LogP contribution in [-0.2, 0) is 11.2 Å². The first-order valence-electron chi connectivity index (χ1n) is 8.86. The molecule has 0 saturated carbocycles. The number of carbonyl (C=O) groups excluding carboxylic acids is 2. The molecule has 0 aliphatic rings. The number of aromatic nitrogens is 2. The van der Waals surface area contributed by atoms with Crippen LogP contribution in [0, 0.1) is 10.1 Å². The van der Waals surface area contributed by atoms with Gasteiger partial charge in [-0.15, -0.1) is 10.2 Å². The smallest absolute Gasteiger partial charge is 0.282 e. The van der Waals surface area contributed by atoms with Gasteiger partial charge in [-0.2, -0.15) is 0 Å². The summed E-state index contributed by atoms with van der Waals surface area (Å²) in [5, 5.41) is 24.3. The highest BCUT2D eigenvalue weighted by molar-refractivity contribution is 8.01. The monoisotopic (exact) mass is 443 g/mol. The summed E-state index contributed by atoms with van der Waals surface area (Å²) < 4.78 is 0.490. The van der Waals surface area contributed by atoms with Gasteiger partial charge in [-0.3, -0.25) is 25.0 Å². The van der Waals surface area contributed by atoms with Crippen LogP contribution >= 0.6 is 23.1 Å². The van der Waals surface area contributed by atoms with E-state index in [9.17, 15) is 19.7 Å². The van der Waals surface area contributed by atoms with Crippen LogP contribution < -0.4 is 10.6 Å². The maximum absolute atomic E-state index is 12.3. The Morgan fingerprint density at radius 3 is 2.53 bits per heavy atom. The molecule has 1 aromatic heterocycles. The van der Waals surface area contributed by atoms with Crippen molar-refractivity contribution >= 4 is 51.4 Å². The zero-order valence-electron chi connectivity index (χ0n) is 15.8. The van der Waals surface area contributed by atoms with Gasteiger partial charge in [-0.1, -0.05) is 54.3 Å². The van der Waals surface area contributed by atoms with Crippen LogP contribution in [0.1, 0.15) is 22.8 Å². The number of carbonyl (C=O) groups is 2. The first-order valence-corrected chi connectivity index (χ1v) is 10.7. The third kappa shape index (κ3) is 5.61. The van der Waals surface area contributed by atoms with Gasteiger partial charge in [0.15, 0.2) is 4.34 Å². The van der Waals surface area contributed by atoms with E-state index in [1.165, 1.54) is 41.6 Å². The fraction of sp³-hybridized carbons (Fsp3) is 0.158. The molecule has 11 heteroatoms. The van der Waals surface area contributed by atoms with Crippen molar-refractivity contribution in [1.82, 2.24) is 10.2 Å². The number of aryl methyl sites for hydroxylation is 1. The average molecular weight is 444 g/mol. The minimum atomic E-state index is -0.650. The molecule has 2 amide bonds. The number of nitrogens with one attached hydrogen (secondary N) is 2. The summed E-state index contributed by atoms with van der Waals surface area (Å²) in [4.78, 5) is 34.9. The number of hydrogen-bond donors (Lipinski definition) is 2. The summed E-state index contributed by atoms with van der Waals surface area (Å²) in [6.07, 6.45) is 0.928. The highest BCUT2D eigenvalue weighted by atomic mass is 32.2. The summed E-state index contributed by atoms with van der Waals surface area (Å²) in [5.74, 6) is -0.712. The molecule has 3 rings (SSSR count). The molecule has 0 aliphatic heterocycles. The van der Waals surface area contributed by atoms with Gasteiger partial charge in [0.1, 0.15) is 5.56 Å². The number of anilines is 2. The van der Waals surface area contributed by atoms with Gasteiger partial charge >= 0.3 is 0 Å². The van der Waals surface area contributed by atoms with E-state index in [2.05, 4.69) is 27.8 Å². The second-order valence-electron chi connectivity index (χ2n) is 5.99. The fourth-order valence-corrected chi connectivity index (χ4v) is 4.00. The van der Waals surface area contributed by atoms with Crippen molar-refractivity contribution < 1.29 is 14.5 Å². The molecular weight excluding hydrogens is 426 g/mol. The second kappa shape index (κ2) is 9.94. The van der Waals surface area contributed by atoms with E-state index in [1.54, 1.807) is 0 Å². The molecule has 9 nitrogen and oxygen atoms in total. The largest absolute Gasteiger partial charge is 0.325 e. The third-order valence-electron chi connectivity index (χ3n) is 3.94. The highest BCUT2D eigenvalue weighted by Gasteiger charge is 2.20. The van der Waals surface area contributed by atoms with Crippen LogP contribution in [0.2, 0.25) is 0 Å². The normalized spacial score (nSPS) is 10.4. The first-order chi connectivity index (χ1) is 14.5. The number of nitrogens with zero attached hydrogens (tertiary/aromatic N) is 3. The van der Waals surface area contributed by atoms with Crippen LogP contribution in [0.25, 0.3) is 0 Å². The number of amides is 2. The molecule has 0 radical (unpaired) electrons. The second-order valence-corrected chi connectivity index (χ2v) is 8.19. The zero-order valence-corrected chi connectivity index (χ0v) is 17.5. The summed E-state index contributed by atoms with van der Waals surface area (Å²) >= 11 is 2.26. The van der Waals surface area contributed by atoms with Gasteiger partial charge in [0, 0.05) is 11.8 Å². The predicted octanol–water partition coefficient (Wildman–Crippen LogP) is 3.99. The minimum absolute atomic E-state index is 0.0691. The van der Waals surface area contributed by atoms with Crippen molar-refractivity contribution in [2.24, 2.45) is 0 Å². The number of rotatable bonds is 8. The number of nitro benzene ring substituents is 1. The molecule has 1 heterocycles. The summed E-state index contributed by atoms with van der Waals surface area (Å²) in [7, 11) is 0. The van der Waals surface area contributed by atoms with Crippen LogP contribution in [0.15, 0.2) is 52.9 Å². The minimum Gasteiger partial charge on any atom is -0.325 e. The molecule has 0 fully saturated rings. The maximum Gasteiger partial charge on any atom is 0.282 e. The van der Waals surface area contributed by atoms with Crippen molar-refractivity contribution in [2.45, 2.75) is 17.7 Å². The summed E-state index contributed by atoms with van der Waals surface area (Å²) in [5.41, 5.74) is 1.54. The number of para-hydroxylation sites is 1. The van der Waals surface area contributed by atoms with Crippen LogP contribution in [0.4, 0.5) is 16.5 Å². The standard InChI is InChI=1S/C19H17N5O4S2/c1-2-12-7-9-13(10-8-12)20-16(25)11-29-19-23-22-18(30-19)21-17(26)14-5-3-4-6-15(14)24(27)28/h3-10H,2,11H2,1H3,(H,20,25)(H,21,22,26). The van der Waals surface area contributed by atoms with Gasteiger partial charge in [0.05, 0.1) is 10.7 Å². The Morgan fingerprint density at radius 2 is 1.83 bits per heavy atom. The first kappa shape index (κ1) is 21.4. The van der Waals surface area contributed by atoms with E-state index in [1.807, 2.05) is 24.3 Å². The van der Waals surface area contributed by atoms with Crippen molar-refractivity contribution in [1.29, 1.82) is 0 Å². The maximum atomic E-state index is 12.3. The lowest BCUT2D eigenvalue weighted by Gasteiger charge is -2.05. The number of nitro groups is 1. The topological polar surface area (TPSA) is 127 Å². The molecule has 3 aromatic rings. The van der Waals surface area contributed by atoms with Gasteiger partial charge in [0.2, 0.25) is 11.0 Å². The zero-order chi connectivity index (χ0) is 21.5. The molecule has 2 aromatic carbocycles. The molecule has 0 unspecified atom stereocenters. The van der Waals surface area contributed by atoms with E-state index in [0.29, 0.717) is 10.0 Å². The number of hydrogen-bond acceptors (Lipinski definition) is 8. The Bertz CT molecular complexity index is 1070. The molecular formula is C19H17N5O4S2. The van der Waals surface area contributed by atoms with Gasteiger partial charge < -0.3 is 5.32 Å². The van der Waals surface area contributed by atoms with E-state index in [4.69, 9.17) is 0 Å². The van der Waals surface area contributed by atoms with Crippen molar-refractivity contribution in [3.05, 3.63) is 69.8 Å². The Labute approximate surface area is 180 Å². The lowest BCUT2D eigenvalue weighted by Crippen LogP contribution is -2.13. The molecule has 0 aliphatic carbocycles. The van der Waals surface area contributed by atoms with E-state index < -0.39 is 10.8 Å². The van der Waals surface area contributed by atoms with Crippen molar-refractivity contribution in [3.63, 3.8) is 0 Å². The van der Waals surface area contributed by atoms with Crippen molar-refractivity contribution in [3.8, 4) is 0 Å². The van der Waals surface area contributed by atoms with Crippen LogP contribution in [-0.4, -0.2) is 32.7 Å². The molecule has 0 atom stereocenters. The van der Waals surface area contributed by atoms with E-state index >= 15 is 0 Å². The Balaban J connectivity index is 1.54. The molecule has 30 heavy (non-hydrogen) atoms. The van der Waals surface area contributed by atoms with Crippen LogP contribution in [0.5, 0.6) is 0 Å². The lowest BCUT2D eigenvalue weighted by molar-refractivity contribution is -0.385. The lowest BCUT2D eigenvalue weighted by atomic mass is 10.1. The number of benzene rings is 2. The Morgan fingerprint density at radius 1 is 1.10 bits per heavy atom. The van der Waals surface area contributed by atoms with Gasteiger partial charge in [-0.25, -0.2) is 0 Å². The summed E-state index contributed by atoms with van der Waals surface area (Å²) in [6, 6.07) is 13.3. The molecule has 0 saturated heterocycles. The predicted molar refractivity (Wildman–Crippen MR) is 116 cm³/mol. The third-order valence-corrected chi connectivity index (χ3v) is 5.92. The molecule has 0 bridgehead atoms. The quantitative estimate of drug-likeness (QED) is 0.233. The Kier molecular flexibility index (Phi) is 7.09. The fourth-order valence-electron chi connectivity index (χ4n) is 2.46. The SMILES string of the molecule is CCc1ccc(NC(=O)CSc2nnc(NC(=O)c3ccccc3[N+](=O)[O-])s2)cc1. The Hall–Kier alpha value is -3.31. The van der Waals surface area contributed by atoms with E-state index in [-0.39, 0.29) is 28.0 Å². The highest BCUT2D eigenvalue weighted by Crippen LogP contribution is 2.27. The average Bonchev–Trinajstić information content (AvgIpc) is 3.20. The molecule has 154 valence electrons. The van der Waals surface area contributed by atoms with Crippen molar-refractivity contribution in [2.75, 3.05) is 16.4 Å². The number of thioether (sulfide) groups is 1. The van der Waals surface area contributed by atoms with E-state index in [0.717, 1.165) is 17.8 Å². The van der Waals surface area contributed by atoms with Gasteiger partial charge in [0.25, 0.3) is 11.6 Å². The summed E-state index contributed by atoms with van der Waals surface area (Å²) in [6.45, 7) is 2.06. The van der Waals surface area contributed by atoms with Crippen LogP contribution in [0.3, 0.4) is 0 Å². The molecule has 2 N–H and O–H groups in total.